The molecule has 0 saturated heterocycles. The van der Waals surface area contributed by atoms with Gasteiger partial charge in [-0.2, -0.15) is 0 Å². The molecular weight excluding hydrogens is 462 g/mol. The van der Waals surface area contributed by atoms with Gasteiger partial charge in [0.2, 0.25) is 5.91 Å². The molecule has 36 heavy (non-hydrogen) atoms. The van der Waals surface area contributed by atoms with Gasteiger partial charge < -0.3 is 23.5 Å². The number of rotatable bonds is 9. The number of amides is 1. The Morgan fingerprint density at radius 3 is 2.28 bits per heavy atom. The van der Waals surface area contributed by atoms with Crippen molar-refractivity contribution in [2.75, 3.05) is 39.4 Å². The number of ether oxygens (including phenoxy) is 3. The van der Waals surface area contributed by atoms with Crippen LogP contribution in [0, 0.1) is 11.8 Å². The van der Waals surface area contributed by atoms with Crippen molar-refractivity contribution in [1.29, 1.82) is 0 Å². The summed E-state index contributed by atoms with van der Waals surface area (Å²) >= 11 is 0. The molecule has 1 amide bonds. The van der Waals surface area contributed by atoms with Crippen molar-refractivity contribution in [2.24, 2.45) is 11.8 Å². The minimum atomic E-state index is -0.579. The minimum Gasteiger partial charge on any atom is -0.465 e. The number of fused-ring (bicyclic) bond motifs is 3. The highest BCUT2D eigenvalue weighted by Crippen LogP contribution is 2.38. The Labute approximate surface area is 210 Å². The van der Waals surface area contributed by atoms with E-state index >= 15 is 0 Å². The summed E-state index contributed by atoms with van der Waals surface area (Å²) < 4.78 is 22.0. The first-order valence-electron chi connectivity index (χ1n) is 12.3. The zero-order valence-corrected chi connectivity index (χ0v) is 21.2. The van der Waals surface area contributed by atoms with Gasteiger partial charge in [-0.3, -0.25) is 9.59 Å². The summed E-state index contributed by atoms with van der Waals surface area (Å²) in [4.78, 5) is 40.1. The highest BCUT2D eigenvalue weighted by Gasteiger charge is 2.35. The minimum absolute atomic E-state index is 0.0631. The van der Waals surface area contributed by atoms with Crippen LogP contribution in [0.3, 0.4) is 0 Å². The van der Waals surface area contributed by atoms with Gasteiger partial charge in [-0.1, -0.05) is 6.92 Å². The molecule has 8 nitrogen and oxygen atoms in total. The van der Waals surface area contributed by atoms with Crippen LogP contribution in [0.5, 0.6) is 0 Å². The number of hydrogen-bond donors (Lipinski definition) is 0. The van der Waals surface area contributed by atoms with E-state index in [0.29, 0.717) is 33.7 Å². The summed E-state index contributed by atoms with van der Waals surface area (Å²) in [6.45, 7) is 2.66. The summed E-state index contributed by atoms with van der Waals surface area (Å²) in [5.74, 6) is -0.222. The number of methoxy groups -OCH3 is 3. The SMILES string of the molecule is COCC(COC)N(C(=O)C1CCC(C)CC1)c1cc2c(cc1C(=O)OC)oc1ccc(C=O)cc12. The zero-order valence-electron chi connectivity index (χ0n) is 21.2. The Bertz CT molecular complexity index is 1250. The Kier molecular flexibility index (Phi) is 8.06. The lowest BCUT2D eigenvalue weighted by atomic mass is 9.82. The smallest absolute Gasteiger partial charge is 0.340 e. The number of furan rings is 1. The van der Waals surface area contributed by atoms with Gasteiger partial charge in [0.1, 0.15) is 17.5 Å². The predicted molar refractivity (Wildman–Crippen MR) is 137 cm³/mol. The van der Waals surface area contributed by atoms with E-state index in [1.54, 1.807) is 49.5 Å². The summed E-state index contributed by atoms with van der Waals surface area (Å²) in [6.07, 6.45) is 4.31. The van der Waals surface area contributed by atoms with Crippen LogP contribution < -0.4 is 4.90 Å². The van der Waals surface area contributed by atoms with Crippen LogP contribution >= 0.6 is 0 Å². The monoisotopic (exact) mass is 495 g/mol. The molecule has 1 aromatic heterocycles. The Morgan fingerprint density at radius 2 is 1.67 bits per heavy atom. The van der Waals surface area contributed by atoms with Crippen molar-refractivity contribution < 1.29 is 33.0 Å². The number of aldehydes is 1. The second-order valence-electron chi connectivity index (χ2n) is 9.56. The maximum absolute atomic E-state index is 14.1. The molecule has 4 rings (SSSR count). The molecule has 1 fully saturated rings. The van der Waals surface area contributed by atoms with Gasteiger partial charge in [-0.05, 0) is 61.9 Å². The Balaban J connectivity index is 1.94. The Morgan fingerprint density at radius 1 is 1.00 bits per heavy atom. The normalized spacial score (nSPS) is 18.0. The van der Waals surface area contributed by atoms with Crippen molar-refractivity contribution in [1.82, 2.24) is 0 Å². The number of anilines is 1. The van der Waals surface area contributed by atoms with Gasteiger partial charge in [-0.15, -0.1) is 0 Å². The van der Waals surface area contributed by atoms with Gasteiger partial charge >= 0.3 is 5.97 Å². The van der Waals surface area contributed by atoms with Crippen molar-refractivity contribution in [3.05, 3.63) is 41.5 Å². The molecule has 2 aromatic carbocycles. The summed E-state index contributed by atoms with van der Waals surface area (Å²) in [7, 11) is 4.45. The molecule has 1 heterocycles. The maximum Gasteiger partial charge on any atom is 0.340 e. The van der Waals surface area contributed by atoms with E-state index < -0.39 is 12.0 Å². The molecule has 8 heteroatoms. The summed E-state index contributed by atoms with van der Waals surface area (Å²) in [6, 6.07) is 8.07. The Hall–Kier alpha value is -3.23. The van der Waals surface area contributed by atoms with Gasteiger partial charge in [0.25, 0.3) is 0 Å². The number of benzene rings is 2. The standard InChI is InChI=1S/C28H33NO7/c1-17-5-8-19(9-6-17)27(31)29(20(15-33-2)16-34-3)24-12-22-21-11-18(14-30)7-10-25(21)36-26(22)13-23(24)28(32)35-4/h7,10-14,17,19-20H,5-6,8-9,15-16H2,1-4H3. The molecule has 0 unspecified atom stereocenters. The molecule has 1 aliphatic rings. The fourth-order valence-corrected chi connectivity index (χ4v) is 5.16. The van der Waals surface area contributed by atoms with Crippen molar-refractivity contribution in [2.45, 2.75) is 38.6 Å². The second kappa shape index (κ2) is 11.2. The van der Waals surface area contributed by atoms with Gasteiger partial charge in [0, 0.05) is 36.5 Å². The molecule has 1 saturated carbocycles. The number of carbonyl (C=O) groups excluding carboxylic acids is 3. The lowest BCUT2D eigenvalue weighted by molar-refractivity contribution is -0.124. The number of hydrogen-bond acceptors (Lipinski definition) is 7. The first-order chi connectivity index (χ1) is 17.4. The third-order valence-electron chi connectivity index (χ3n) is 7.10. The topological polar surface area (TPSA) is 95.3 Å². The third kappa shape index (κ3) is 5.01. The van der Waals surface area contributed by atoms with E-state index in [0.717, 1.165) is 37.4 Å². The van der Waals surface area contributed by atoms with Crippen LogP contribution in [0.2, 0.25) is 0 Å². The van der Waals surface area contributed by atoms with E-state index in [9.17, 15) is 14.4 Å². The zero-order chi connectivity index (χ0) is 25.8. The van der Waals surface area contributed by atoms with E-state index in [1.165, 1.54) is 7.11 Å². The average Bonchev–Trinajstić information content (AvgIpc) is 3.25. The molecule has 0 spiro atoms. The predicted octanol–water partition coefficient (Wildman–Crippen LogP) is 5.01. The van der Waals surface area contributed by atoms with Gasteiger partial charge in [0.15, 0.2) is 0 Å². The van der Waals surface area contributed by atoms with Crippen LogP contribution in [-0.2, 0) is 19.0 Å². The fourth-order valence-electron chi connectivity index (χ4n) is 5.16. The molecular formula is C28H33NO7. The molecule has 0 aliphatic heterocycles. The largest absolute Gasteiger partial charge is 0.465 e. The highest BCUT2D eigenvalue weighted by atomic mass is 16.5. The molecule has 0 atom stereocenters. The van der Waals surface area contributed by atoms with E-state index in [2.05, 4.69) is 6.92 Å². The van der Waals surface area contributed by atoms with Crippen LogP contribution in [0.25, 0.3) is 21.9 Å². The van der Waals surface area contributed by atoms with Crippen molar-refractivity contribution in [3.8, 4) is 0 Å². The fraction of sp³-hybridized carbons (Fsp3) is 0.464. The number of esters is 1. The molecule has 3 aromatic rings. The number of nitrogens with zero attached hydrogens (tertiary/aromatic N) is 1. The average molecular weight is 496 g/mol. The van der Waals surface area contributed by atoms with Crippen LogP contribution in [-0.4, -0.2) is 58.7 Å². The maximum atomic E-state index is 14.1. The first kappa shape index (κ1) is 25.9. The summed E-state index contributed by atoms with van der Waals surface area (Å²) in [5.41, 5.74) is 2.18. The van der Waals surface area contributed by atoms with Gasteiger partial charge in [0.05, 0.1) is 37.6 Å². The van der Waals surface area contributed by atoms with Crippen molar-refractivity contribution in [3.63, 3.8) is 0 Å². The number of carbonyl (C=O) groups is 3. The molecule has 0 radical (unpaired) electrons. The summed E-state index contributed by atoms with van der Waals surface area (Å²) in [5, 5.41) is 1.42. The van der Waals surface area contributed by atoms with Crippen molar-refractivity contribution >= 4 is 45.8 Å². The quantitative estimate of drug-likeness (QED) is 0.304. The van der Waals surface area contributed by atoms with E-state index in [4.69, 9.17) is 18.6 Å². The molecule has 0 N–H and O–H groups in total. The lowest BCUT2D eigenvalue weighted by Crippen LogP contribution is -2.49. The molecule has 192 valence electrons. The first-order valence-corrected chi connectivity index (χ1v) is 12.3. The molecule has 1 aliphatic carbocycles. The van der Waals surface area contributed by atoms with Crippen LogP contribution in [0.15, 0.2) is 34.7 Å². The second-order valence-corrected chi connectivity index (χ2v) is 9.56. The van der Waals surface area contributed by atoms with Crippen LogP contribution in [0.4, 0.5) is 5.69 Å². The van der Waals surface area contributed by atoms with E-state index in [1.807, 2.05) is 0 Å². The van der Waals surface area contributed by atoms with E-state index in [-0.39, 0.29) is 30.6 Å². The van der Waals surface area contributed by atoms with Gasteiger partial charge in [-0.25, -0.2) is 4.79 Å². The highest BCUT2D eigenvalue weighted by molar-refractivity contribution is 6.13. The van der Waals surface area contributed by atoms with Crippen LogP contribution in [0.1, 0.15) is 53.3 Å². The lowest BCUT2D eigenvalue weighted by Gasteiger charge is -2.36. The third-order valence-corrected chi connectivity index (χ3v) is 7.10. The molecule has 0 bridgehead atoms.